The predicted octanol–water partition coefficient (Wildman–Crippen LogP) is 4.24. The van der Waals surface area contributed by atoms with Crippen LogP contribution in [0, 0.1) is 6.92 Å². The number of anilines is 2. The summed E-state index contributed by atoms with van der Waals surface area (Å²) in [5.74, 6) is 1.69. The minimum Gasteiger partial charge on any atom is -0.503 e. The van der Waals surface area contributed by atoms with Crippen LogP contribution in [0.2, 0.25) is 0 Å². The molecule has 0 amide bonds. The first-order chi connectivity index (χ1) is 12.6. The molecule has 2 aromatic carbocycles. The highest BCUT2D eigenvalue weighted by Gasteiger charge is 2.29. The Morgan fingerprint density at radius 2 is 1.73 bits per heavy atom. The molecular weight excluding hydrogens is 324 g/mol. The van der Waals surface area contributed by atoms with Crippen molar-refractivity contribution in [2.24, 2.45) is 5.73 Å². The average molecular weight is 346 g/mol. The standard InChI is InChI=1S/C21H22N4O/c1-13-2-6-15(7-3-13)18-19(26)21(25-20(24-18)16-8-9-16)23-17-10-4-14(12-22)5-11-17/h2-7,10-11,16,26H,8-9,12,22H2,1H3,(H,23,24,25). The van der Waals surface area contributed by atoms with E-state index < -0.39 is 0 Å². The maximum absolute atomic E-state index is 10.8. The van der Waals surface area contributed by atoms with Gasteiger partial charge in [-0.05, 0) is 37.5 Å². The largest absolute Gasteiger partial charge is 0.503 e. The van der Waals surface area contributed by atoms with Gasteiger partial charge in [0.1, 0.15) is 11.5 Å². The Balaban J connectivity index is 1.74. The van der Waals surface area contributed by atoms with E-state index in [0.29, 0.717) is 24.0 Å². The third kappa shape index (κ3) is 3.39. The van der Waals surface area contributed by atoms with Crippen molar-refractivity contribution in [3.8, 4) is 17.0 Å². The van der Waals surface area contributed by atoms with Crippen molar-refractivity contribution in [2.75, 3.05) is 5.32 Å². The smallest absolute Gasteiger partial charge is 0.185 e. The SMILES string of the molecule is Cc1ccc(-c2nc(C3CC3)nc(Nc3ccc(CN)cc3)c2O)cc1. The lowest BCUT2D eigenvalue weighted by molar-refractivity contribution is 0.474. The van der Waals surface area contributed by atoms with Gasteiger partial charge in [0.15, 0.2) is 11.6 Å². The van der Waals surface area contributed by atoms with E-state index in [1.807, 2.05) is 55.5 Å². The zero-order chi connectivity index (χ0) is 18.1. The molecule has 1 saturated carbocycles. The molecule has 5 nitrogen and oxygen atoms in total. The van der Waals surface area contributed by atoms with Crippen LogP contribution in [0.3, 0.4) is 0 Å². The molecule has 1 aromatic heterocycles. The van der Waals surface area contributed by atoms with Gasteiger partial charge in [0.25, 0.3) is 0 Å². The second kappa shape index (κ2) is 6.77. The van der Waals surface area contributed by atoms with Gasteiger partial charge in [0, 0.05) is 23.7 Å². The molecule has 0 atom stereocenters. The summed E-state index contributed by atoms with van der Waals surface area (Å²) < 4.78 is 0. The molecule has 1 fully saturated rings. The van der Waals surface area contributed by atoms with Gasteiger partial charge < -0.3 is 16.2 Å². The summed E-state index contributed by atoms with van der Waals surface area (Å²) in [5, 5.41) is 14.0. The Morgan fingerprint density at radius 3 is 2.35 bits per heavy atom. The summed E-state index contributed by atoms with van der Waals surface area (Å²) >= 11 is 0. The molecule has 1 aliphatic carbocycles. The topological polar surface area (TPSA) is 84.1 Å². The number of rotatable bonds is 5. The highest BCUT2D eigenvalue weighted by atomic mass is 16.3. The van der Waals surface area contributed by atoms with E-state index in [2.05, 4.69) is 15.3 Å². The molecule has 1 aliphatic rings. The Labute approximate surface area is 152 Å². The van der Waals surface area contributed by atoms with Gasteiger partial charge in [-0.3, -0.25) is 0 Å². The number of hydrogen-bond acceptors (Lipinski definition) is 5. The van der Waals surface area contributed by atoms with Gasteiger partial charge in [0.2, 0.25) is 0 Å². The fourth-order valence-corrected chi connectivity index (χ4v) is 2.86. The van der Waals surface area contributed by atoms with E-state index in [0.717, 1.165) is 35.5 Å². The lowest BCUT2D eigenvalue weighted by Gasteiger charge is -2.13. The number of aryl methyl sites for hydroxylation is 1. The van der Waals surface area contributed by atoms with E-state index in [1.54, 1.807) is 0 Å². The monoisotopic (exact) mass is 346 g/mol. The Kier molecular flexibility index (Phi) is 4.31. The van der Waals surface area contributed by atoms with Gasteiger partial charge in [-0.2, -0.15) is 0 Å². The molecule has 5 heteroatoms. The fourth-order valence-electron chi connectivity index (χ4n) is 2.86. The Hall–Kier alpha value is -2.92. The van der Waals surface area contributed by atoms with Crippen molar-refractivity contribution in [1.82, 2.24) is 9.97 Å². The third-order valence-electron chi connectivity index (χ3n) is 4.62. The van der Waals surface area contributed by atoms with Crippen LogP contribution in [-0.4, -0.2) is 15.1 Å². The first-order valence-corrected chi connectivity index (χ1v) is 8.88. The van der Waals surface area contributed by atoms with Gasteiger partial charge >= 0.3 is 0 Å². The molecule has 0 aliphatic heterocycles. The van der Waals surface area contributed by atoms with Crippen molar-refractivity contribution in [3.05, 3.63) is 65.5 Å². The summed E-state index contributed by atoms with van der Waals surface area (Å²) in [6.07, 6.45) is 2.20. The molecule has 132 valence electrons. The van der Waals surface area contributed by atoms with Crippen LogP contribution in [0.25, 0.3) is 11.3 Å². The number of nitrogens with two attached hydrogens (primary N) is 1. The van der Waals surface area contributed by atoms with Crippen LogP contribution in [0.4, 0.5) is 11.5 Å². The molecule has 26 heavy (non-hydrogen) atoms. The lowest BCUT2D eigenvalue weighted by atomic mass is 10.1. The van der Waals surface area contributed by atoms with Crippen LogP contribution >= 0.6 is 0 Å². The minimum absolute atomic E-state index is 0.0705. The summed E-state index contributed by atoms with van der Waals surface area (Å²) in [5.41, 5.74) is 10.2. The molecule has 0 spiro atoms. The van der Waals surface area contributed by atoms with Crippen LogP contribution < -0.4 is 11.1 Å². The van der Waals surface area contributed by atoms with Crippen molar-refractivity contribution in [3.63, 3.8) is 0 Å². The fraction of sp³-hybridized carbons (Fsp3) is 0.238. The average Bonchev–Trinajstić information content (AvgIpc) is 3.50. The molecule has 0 radical (unpaired) electrons. The van der Waals surface area contributed by atoms with Crippen LogP contribution in [0.5, 0.6) is 5.75 Å². The molecule has 4 N–H and O–H groups in total. The lowest BCUT2D eigenvalue weighted by Crippen LogP contribution is -2.03. The van der Waals surface area contributed by atoms with E-state index >= 15 is 0 Å². The van der Waals surface area contributed by atoms with E-state index in [1.165, 1.54) is 5.56 Å². The molecular formula is C21H22N4O. The first kappa shape index (κ1) is 16.5. The van der Waals surface area contributed by atoms with Crippen molar-refractivity contribution >= 4 is 11.5 Å². The first-order valence-electron chi connectivity index (χ1n) is 8.88. The molecule has 1 heterocycles. The number of nitrogens with zero attached hydrogens (tertiary/aromatic N) is 2. The van der Waals surface area contributed by atoms with Gasteiger partial charge in [-0.1, -0.05) is 42.0 Å². The summed E-state index contributed by atoms with van der Waals surface area (Å²) in [6.45, 7) is 2.54. The minimum atomic E-state index is 0.0705. The van der Waals surface area contributed by atoms with Crippen LogP contribution in [0.15, 0.2) is 48.5 Å². The summed E-state index contributed by atoms with van der Waals surface area (Å²) in [4.78, 5) is 9.23. The zero-order valence-corrected chi connectivity index (χ0v) is 14.7. The van der Waals surface area contributed by atoms with E-state index in [4.69, 9.17) is 5.73 Å². The molecule has 0 bridgehead atoms. The zero-order valence-electron chi connectivity index (χ0n) is 14.7. The van der Waals surface area contributed by atoms with Crippen molar-refractivity contribution in [2.45, 2.75) is 32.2 Å². The van der Waals surface area contributed by atoms with Gasteiger partial charge in [-0.15, -0.1) is 0 Å². The predicted molar refractivity (Wildman–Crippen MR) is 103 cm³/mol. The van der Waals surface area contributed by atoms with Crippen LogP contribution in [-0.2, 0) is 6.54 Å². The Morgan fingerprint density at radius 1 is 1.04 bits per heavy atom. The molecule has 3 aromatic rings. The van der Waals surface area contributed by atoms with Crippen molar-refractivity contribution < 1.29 is 5.11 Å². The second-order valence-electron chi connectivity index (χ2n) is 6.79. The van der Waals surface area contributed by atoms with Crippen LogP contribution in [0.1, 0.15) is 35.7 Å². The third-order valence-corrected chi connectivity index (χ3v) is 4.62. The molecule has 0 saturated heterocycles. The maximum Gasteiger partial charge on any atom is 0.185 e. The molecule has 0 unspecified atom stereocenters. The van der Waals surface area contributed by atoms with Crippen molar-refractivity contribution in [1.29, 1.82) is 0 Å². The maximum atomic E-state index is 10.8. The normalized spacial score (nSPS) is 13.6. The van der Waals surface area contributed by atoms with Gasteiger partial charge in [0.05, 0.1) is 0 Å². The molecule has 4 rings (SSSR count). The number of hydrogen-bond donors (Lipinski definition) is 3. The Bertz CT molecular complexity index is 916. The van der Waals surface area contributed by atoms with E-state index in [9.17, 15) is 5.11 Å². The number of benzene rings is 2. The van der Waals surface area contributed by atoms with Gasteiger partial charge in [-0.25, -0.2) is 9.97 Å². The second-order valence-corrected chi connectivity index (χ2v) is 6.79. The highest BCUT2D eigenvalue weighted by Crippen LogP contribution is 2.42. The number of aromatic hydroxyl groups is 1. The highest BCUT2D eigenvalue weighted by molar-refractivity contribution is 5.75. The quantitative estimate of drug-likeness (QED) is 0.643. The summed E-state index contributed by atoms with van der Waals surface area (Å²) in [7, 11) is 0. The summed E-state index contributed by atoms with van der Waals surface area (Å²) in [6, 6.07) is 15.8. The van der Waals surface area contributed by atoms with E-state index in [-0.39, 0.29) is 5.75 Å². The number of nitrogens with one attached hydrogen (secondary N) is 1. The number of aromatic nitrogens is 2.